The van der Waals surface area contributed by atoms with Crippen molar-refractivity contribution in [1.29, 1.82) is 0 Å². The van der Waals surface area contributed by atoms with Gasteiger partial charge in [0.2, 0.25) is 0 Å². The minimum atomic E-state index is -0.995. The first kappa shape index (κ1) is 23.4. The maximum Gasteiger partial charge on any atom is 0.328 e. The first-order valence-electron chi connectivity index (χ1n) is 15.0. The number of hydrogen-bond donors (Lipinski definition) is 2. The van der Waals surface area contributed by atoms with Crippen LogP contribution < -0.4 is 16.2 Å². The lowest BCUT2D eigenvalue weighted by molar-refractivity contribution is -0.245. The van der Waals surface area contributed by atoms with Crippen molar-refractivity contribution in [2.24, 2.45) is 23.0 Å². The third-order valence-corrected chi connectivity index (χ3v) is 11.7. The molecule has 8 rings (SSSR count). The van der Waals surface area contributed by atoms with Gasteiger partial charge >= 0.3 is 5.97 Å². The van der Waals surface area contributed by atoms with E-state index in [1.54, 1.807) is 4.90 Å². The summed E-state index contributed by atoms with van der Waals surface area (Å²) >= 11 is 0. The maximum absolute atomic E-state index is 14.2. The number of aromatic nitrogens is 2. The highest BCUT2D eigenvalue weighted by Crippen LogP contribution is 2.71. The van der Waals surface area contributed by atoms with Crippen LogP contribution in [0.15, 0.2) is 29.1 Å². The van der Waals surface area contributed by atoms with Gasteiger partial charge in [-0.3, -0.25) is 14.3 Å². The summed E-state index contributed by atoms with van der Waals surface area (Å²) in [5.41, 5.74) is 7.70. The second kappa shape index (κ2) is 8.28. The zero-order chi connectivity index (χ0) is 25.8. The van der Waals surface area contributed by atoms with E-state index in [0.717, 1.165) is 35.3 Å². The van der Waals surface area contributed by atoms with Crippen LogP contribution in [-0.4, -0.2) is 62.3 Å². The lowest BCUT2D eigenvalue weighted by atomic mass is 9.49. The van der Waals surface area contributed by atoms with Gasteiger partial charge in [-0.15, -0.1) is 0 Å². The van der Waals surface area contributed by atoms with Crippen LogP contribution in [0.1, 0.15) is 76.7 Å². The Labute approximate surface area is 223 Å². The van der Waals surface area contributed by atoms with Gasteiger partial charge in [0, 0.05) is 36.1 Å². The summed E-state index contributed by atoms with van der Waals surface area (Å²) in [6.45, 7) is 0.344. The Morgan fingerprint density at radius 2 is 1.74 bits per heavy atom. The quantitative estimate of drug-likeness (QED) is 0.639. The molecule has 38 heavy (non-hydrogen) atoms. The van der Waals surface area contributed by atoms with E-state index >= 15 is 0 Å². The lowest BCUT2D eigenvalue weighted by Gasteiger charge is -2.74. The van der Waals surface area contributed by atoms with Crippen molar-refractivity contribution in [2.45, 2.75) is 107 Å². The third-order valence-electron chi connectivity index (χ3n) is 11.7. The number of nitrogens with zero attached hydrogens (tertiary/aromatic N) is 4. The van der Waals surface area contributed by atoms with Crippen LogP contribution in [0.5, 0.6) is 0 Å². The van der Waals surface area contributed by atoms with Crippen LogP contribution in [0, 0.1) is 17.3 Å². The van der Waals surface area contributed by atoms with Gasteiger partial charge in [-0.1, -0.05) is 44.2 Å². The number of carboxylic acids is 1. The molecule has 8 nitrogen and oxygen atoms in total. The number of carboxylic acid groups (broad SMARTS) is 1. The summed E-state index contributed by atoms with van der Waals surface area (Å²) in [5.74, 6) is 1.08. The zero-order valence-corrected chi connectivity index (χ0v) is 22.0. The lowest BCUT2D eigenvalue weighted by Crippen LogP contribution is -2.81. The summed E-state index contributed by atoms with van der Waals surface area (Å²) in [5, 5.41) is 9.75. The molecule has 3 heterocycles. The number of carbonyl (C=O) groups is 1. The van der Waals surface area contributed by atoms with Gasteiger partial charge < -0.3 is 15.7 Å². The Hall–Kier alpha value is -2.45. The SMILES string of the molecule is NC1CN(c2nc3ccccc3n(C3CC4N(C5CC6CCCCC(C6)C5)C5CCCC543)c2=O)C1C(=O)O. The van der Waals surface area contributed by atoms with Gasteiger partial charge in [0.25, 0.3) is 5.56 Å². The molecule has 2 bridgehead atoms. The smallest absolute Gasteiger partial charge is 0.328 e. The van der Waals surface area contributed by atoms with Crippen LogP contribution >= 0.6 is 0 Å². The van der Waals surface area contributed by atoms with Gasteiger partial charge in [0.15, 0.2) is 5.82 Å². The standard InChI is InChI=1S/C30H39N5O3/c31-20-16-33(26(20)29(37)38)27-28(36)35(22-9-4-3-8-21(22)32-27)25-15-24-30(25)11-5-10-23(30)34(24)19-13-17-6-1-2-7-18(12-17)14-19/h3-4,8-9,17-20,23-26H,1-2,5-7,10-16,31H2,(H,37,38). The fraction of sp³-hybridized carbons (Fsp3) is 0.700. The van der Waals surface area contributed by atoms with Gasteiger partial charge in [0.05, 0.1) is 17.1 Å². The van der Waals surface area contributed by atoms with Crippen molar-refractivity contribution in [3.63, 3.8) is 0 Å². The molecule has 8 unspecified atom stereocenters. The average molecular weight is 518 g/mol. The molecule has 1 aromatic heterocycles. The van der Waals surface area contributed by atoms with Crippen molar-refractivity contribution in [2.75, 3.05) is 11.4 Å². The van der Waals surface area contributed by atoms with Gasteiger partial charge in [-0.2, -0.15) is 0 Å². The summed E-state index contributed by atoms with van der Waals surface area (Å²) in [6.07, 6.45) is 14.5. The molecule has 2 aliphatic heterocycles. The van der Waals surface area contributed by atoms with Crippen molar-refractivity contribution < 1.29 is 9.90 Å². The van der Waals surface area contributed by atoms with Crippen molar-refractivity contribution in [1.82, 2.24) is 14.5 Å². The fourth-order valence-electron chi connectivity index (χ4n) is 10.2. The summed E-state index contributed by atoms with van der Waals surface area (Å²) < 4.78 is 2.02. The van der Waals surface area contributed by atoms with E-state index in [1.807, 2.05) is 28.8 Å². The fourth-order valence-corrected chi connectivity index (χ4v) is 10.2. The molecule has 6 fully saturated rings. The minimum absolute atomic E-state index is 0.146. The van der Waals surface area contributed by atoms with E-state index in [1.165, 1.54) is 64.2 Å². The van der Waals surface area contributed by atoms with Gasteiger partial charge in [0.1, 0.15) is 6.04 Å². The molecule has 1 spiro atoms. The molecule has 2 saturated heterocycles. The maximum atomic E-state index is 14.2. The highest BCUT2D eigenvalue weighted by Gasteiger charge is 2.74. The molecule has 8 heteroatoms. The number of likely N-dealkylation sites (tertiary alicyclic amines) is 1. The van der Waals surface area contributed by atoms with Gasteiger partial charge in [-0.25, -0.2) is 9.78 Å². The van der Waals surface area contributed by atoms with E-state index in [4.69, 9.17) is 10.7 Å². The number of rotatable bonds is 4. The largest absolute Gasteiger partial charge is 0.480 e. The van der Waals surface area contributed by atoms with Crippen LogP contribution in [0.25, 0.3) is 11.0 Å². The number of para-hydroxylation sites is 2. The highest BCUT2D eigenvalue weighted by molar-refractivity contribution is 5.83. The predicted octanol–water partition coefficient (Wildman–Crippen LogP) is 3.52. The molecule has 202 valence electrons. The number of aliphatic carboxylic acids is 1. The first-order valence-corrected chi connectivity index (χ1v) is 15.0. The summed E-state index contributed by atoms with van der Waals surface area (Å²) in [6, 6.07) is 8.53. The molecule has 0 amide bonds. The topological polar surface area (TPSA) is 105 Å². The predicted molar refractivity (Wildman–Crippen MR) is 145 cm³/mol. The molecule has 4 aliphatic carbocycles. The van der Waals surface area contributed by atoms with Crippen LogP contribution in [-0.2, 0) is 4.79 Å². The third kappa shape index (κ3) is 3.02. The summed E-state index contributed by atoms with van der Waals surface area (Å²) in [7, 11) is 0. The van der Waals surface area contributed by atoms with E-state index in [0.29, 0.717) is 18.6 Å². The number of benzene rings is 1. The molecule has 2 aromatic rings. The monoisotopic (exact) mass is 517 g/mol. The van der Waals surface area contributed by atoms with Crippen LogP contribution in [0.4, 0.5) is 5.82 Å². The first-order chi connectivity index (χ1) is 18.5. The Morgan fingerprint density at radius 1 is 0.974 bits per heavy atom. The van der Waals surface area contributed by atoms with E-state index in [9.17, 15) is 14.7 Å². The van der Waals surface area contributed by atoms with Crippen LogP contribution in [0.2, 0.25) is 0 Å². The Bertz CT molecular complexity index is 1350. The van der Waals surface area contributed by atoms with Gasteiger partial charge in [-0.05, 0) is 62.5 Å². The second-order valence-corrected chi connectivity index (χ2v) is 13.3. The molecule has 8 atom stereocenters. The van der Waals surface area contributed by atoms with Crippen LogP contribution in [0.3, 0.4) is 0 Å². The van der Waals surface area contributed by atoms with Crippen molar-refractivity contribution >= 4 is 22.8 Å². The molecule has 3 N–H and O–H groups in total. The molecule has 1 aromatic carbocycles. The van der Waals surface area contributed by atoms with Crippen molar-refractivity contribution in [3.8, 4) is 0 Å². The van der Waals surface area contributed by atoms with E-state index in [-0.39, 0.29) is 22.8 Å². The summed E-state index contributed by atoms with van der Waals surface area (Å²) in [4.78, 5) is 35.3. The molecule has 4 saturated carbocycles. The second-order valence-electron chi connectivity index (χ2n) is 13.3. The Balaban J connectivity index is 1.16. The average Bonchev–Trinajstić information content (AvgIpc) is 3.23. The number of anilines is 1. The van der Waals surface area contributed by atoms with E-state index < -0.39 is 18.1 Å². The van der Waals surface area contributed by atoms with Crippen molar-refractivity contribution in [3.05, 3.63) is 34.6 Å². The number of piperidine rings is 1. The molecular weight excluding hydrogens is 478 g/mol. The minimum Gasteiger partial charge on any atom is -0.480 e. The number of nitrogens with two attached hydrogens (primary N) is 1. The van der Waals surface area contributed by atoms with E-state index in [2.05, 4.69) is 4.90 Å². The zero-order valence-electron chi connectivity index (χ0n) is 22.0. The highest BCUT2D eigenvalue weighted by atomic mass is 16.4. The molecule has 6 aliphatic rings. The molecule has 0 radical (unpaired) electrons. The molecular formula is C30H39N5O3. The Kier molecular flexibility index (Phi) is 5.10. The Morgan fingerprint density at radius 3 is 2.47 bits per heavy atom. The number of fused-ring (bicyclic) bond motifs is 3. The normalized spacial score (nSPS) is 41.9. The number of hydrogen-bond acceptors (Lipinski definition) is 6.